The monoisotopic (exact) mass is 338 g/mol. The number of H-pyrrole nitrogens is 1. The van der Waals surface area contributed by atoms with Crippen molar-refractivity contribution in [2.75, 3.05) is 0 Å². The van der Waals surface area contributed by atoms with Crippen LogP contribution in [0.3, 0.4) is 0 Å². The fourth-order valence-electron chi connectivity index (χ4n) is 1.60. The molecule has 0 bridgehead atoms. The Morgan fingerprint density at radius 3 is 2.90 bits per heavy atom. The normalized spacial score (nSPS) is 11.8. The molecule has 1 atom stereocenters. The van der Waals surface area contributed by atoms with E-state index in [-0.39, 0.29) is 12.1 Å². The SMILES string of the molecule is O=C(NC(Cc1cnc[nH]1)C(=O)O)c1ncccc1Br. The summed E-state index contributed by atoms with van der Waals surface area (Å²) >= 11 is 3.20. The largest absolute Gasteiger partial charge is 0.480 e. The molecule has 104 valence electrons. The number of nitrogens with zero attached hydrogens (tertiary/aromatic N) is 2. The van der Waals surface area contributed by atoms with Gasteiger partial charge in [0.05, 0.1) is 6.33 Å². The van der Waals surface area contributed by atoms with Crippen molar-refractivity contribution in [1.82, 2.24) is 20.3 Å². The predicted octanol–water partition coefficient (Wildman–Crippen LogP) is 0.993. The van der Waals surface area contributed by atoms with Gasteiger partial charge in [-0.1, -0.05) is 0 Å². The Bertz CT molecular complexity index is 615. The Balaban J connectivity index is 2.10. The number of amides is 1. The number of aliphatic carboxylic acids is 1. The van der Waals surface area contributed by atoms with E-state index in [4.69, 9.17) is 5.11 Å². The third-order valence-electron chi connectivity index (χ3n) is 2.56. The molecular weight excluding hydrogens is 328 g/mol. The van der Waals surface area contributed by atoms with Crippen LogP contribution in [0, 0.1) is 0 Å². The first-order valence-corrected chi connectivity index (χ1v) is 6.48. The summed E-state index contributed by atoms with van der Waals surface area (Å²) in [6.07, 6.45) is 4.54. The summed E-state index contributed by atoms with van der Waals surface area (Å²) in [4.78, 5) is 33.7. The van der Waals surface area contributed by atoms with Gasteiger partial charge in [0.2, 0.25) is 0 Å². The lowest BCUT2D eigenvalue weighted by Crippen LogP contribution is -2.42. The van der Waals surface area contributed by atoms with Gasteiger partial charge in [0.1, 0.15) is 11.7 Å². The zero-order valence-corrected chi connectivity index (χ0v) is 11.8. The molecule has 0 aliphatic heterocycles. The lowest BCUT2D eigenvalue weighted by atomic mass is 10.1. The van der Waals surface area contributed by atoms with Crippen LogP contribution in [0.4, 0.5) is 0 Å². The zero-order valence-electron chi connectivity index (χ0n) is 10.2. The van der Waals surface area contributed by atoms with Crippen LogP contribution in [0.25, 0.3) is 0 Å². The van der Waals surface area contributed by atoms with Crippen molar-refractivity contribution >= 4 is 27.8 Å². The van der Waals surface area contributed by atoms with E-state index < -0.39 is 17.9 Å². The number of carboxylic acids is 1. The molecule has 2 aromatic heterocycles. The van der Waals surface area contributed by atoms with E-state index in [1.54, 1.807) is 12.1 Å². The van der Waals surface area contributed by atoms with Gasteiger partial charge in [-0.3, -0.25) is 4.79 Å². The molecule has 0 saturated carbocycles. The maximum atomic E-state index is 12.0. The summed E-state index contributed by atoms with van der Waals surface area (Å²) in [5.74, 6) is -1.68. The maximum Gasteiger partial charge on any atom is 0.326 e. The quantitative estimate of drug-likeness (QED) is 0.753. The van der Waals surface area contributed by atoms with Crippen LogP contribution in [0.5, 0.6) is 0 Å². The third-order valence-corrected chi connectivity index (χ3v) is 3.20. The Labute approximate surface area is 122 Å². The molecule has 1 amide bonds. The number of imidazole rings is 1. The smallest absolute Gasteiger partial charge is 0.326 e. The van der Waals surface area contributed by atoms with Crippen LogP contribution in [-0.4, -0.2) is 38.0 Å². The number of carbonyl (C=O) groups excluding carboxylic acids is 1. The van der Waals surface area contributed by atoms with E-state index in [1.807, 2.05) is 0 Å². The average molecular weight is 339 g/mol. The van der Waals surface area contributed by atoms with Gasteiger partial charge in [-0.2, -0.15) is 0 Å². The van der Waals surface area contributed by atoms with E-state index >= 15 is 0 Å². The minimum absolute atomic E-state index is 0.117. The van der Waals surface area contributed by atoms with E-state index in [9.17, 15) is 9.59 Å². The average Bonchev–Trinajstić information content (AvgIpc) is 2.91. The lowest BCUT2D eigenvalue weighted by Gasteiger charge is -2.13. The minimum Gasteiger partial charge on any atom is -0.480 e. The highest BCUT2D eigenvalue weighted by atomic mass is 79.9. The number of carbonyl (C=O) groups is 2. The molecule has 0 saturated heterocycles. The summed E-state index contributed by atoms with van der Waals surface area (Å²) < 4.78 is 0.503. The molecule has 0 radical (unpaired) electrons. The molecule has 0 aromatic carbocycles. The van der Waals surface area contributed by atoms with Crippen molar-refractivity contribution in [3.05, 3.63) is 46.7 Å². The Hall–Kier alpha value is -2.22. The number of halogens is 1. The van der Waals surface area contributed by atoms with Crippen molar-refractivity contribution in [2.24, 2.45) is 0 Å². The second kappa shape index (κ2) is 6.29. The van der Waals surface area contributed by atoms with Crippen LogP contribution in [0.2, 0.25) is 0 Å². The number of carboxylic acid groups (broad SMARTS) is 1. The standard InChI is InChI=1S/C12H11BrN4O3/c13-8-2-1-3-15-10(8)11(18)17-9(12(19)20)4-7-5-14-6-16-7/h1-3,5-6,9H,4H2,(H,14,16)(H,17,18)(H,19,20). The van der Waals surface area contributed by atoms with E-state index in [0.29, 0.717) is 10.2 Å². The predicted molar refractivity (Wildman–Crippen MR) is 73.1 cm³/mol. The zero-order chi connectivity index (χ0) is 14.5. The number of pyridine rings is 1. The Morgan fingerprint density at radius 1 is 1.50 bits per heavy atom. The second-order valence-electron chi connectivity index (χ2n) is 3.98. The Kier molecular flexibility index (Phi) is 4.46. The first-order valence-electron chi connectivity index (χ1n) is 5.69. The number of aromatic nitrogens is 3. The molecule has 0 spiro atoms. The van der Waals surface area contributed by atoms with Crippen LogP contribution in [-0.2, 0) is 11.2 Å². The van der Waals surface area contributed by atoms with Gasteiger partial charge < -0.3 is 15.4 Å². The highest BCUT2D eigenvalue weighted by molar-refractivity contribution is 9.10. The van der Waals surface area contributed by atoms with Crippen LogP contribution in [0.15, 0.2) is 35.3 Å². The van der Waals surface area contributed by atoms with Crippen molar-refractivity contribution in [3.63, 3.8) is 0 Å². The molecule has 2 aromatic rings. The van der Waals surface area contributed by atoms with Gasteiger partial charge in [0.15, 0.2) is 0 Å². The number of hydrogen-bond donors (Lipinski definition) is 3. The molecule has 8 heteroatoms. The van der Waals surface area contributed by atoms with Gasteiger partial charge in [-0.05, 0) is 28.1 Å². The van der Waals surface area contributed by atoms with E-state index in [0.717, 1.165) is 0 Å². The topological polar surface area (TPSA) is 108 Å². The maximum absolute atomic E-state index is 12.0. The first-order chi connectivity index (χ1) is 9.58. The van der Waals surface area contributed by atoms with Crippen molar-refractivity contribution < 1.29 is 14.7 Å². The summed E-state index contributed by atoms with van der Waals surface area (Å²) in [5, 5.41) is 11.6. The first kappa shape index (κ1) is 14.2. The van der Waals surface area contributed by atoms with Crippen LogP contribution < -0.4 is 5.32 Å². The molecule has 0 fully saturated rings. The van der Waals surface area contributed by atoms with Gasteiger partial charge in [0, 0.05) is 29.0 Å². The molecule has 0 aliphatic carbocycles. The summed E-state index contributed by atoms with van der Waals surface area (Å²) in [6.45, 7) is 0. The lowest BCUT2D eigenvalue weighted by molar-refractivity contribution is -0.139. The minimum atomic E-state index is -1.12. The molecule has 2 heterocycles. The molecular formula is C12H11BrN4O3. The number of hydrogen-bond acceptors (Lipinski definition) is 4. The fourth-order valence-corrected chi connectivity index (χ4v) is 2.03. The number of rotatable bonds is 5. The highest BCUT2D eigenvalue weighted by Crippen LogP contribution is 2.13. The second-order valence-corrected chi connectivity index (χ2v) is 4.83. The Morgan fingerprint density at radius 2 is 2.30 bits per heavy atom. The van der Waals surface area contributed by atoms with E-state index in [1.165, 1.54) is 18.7 Å². The molecule has 0 aliphatic rings. The highest BCUT2D eigenvalue weighted by Gasteiger charge is 2.23. The molecule has 7 nitrogen and oxygen atoms in total. The fraction of sp³-hybridized carbons (Fsp3) is 0.167. The van der Waals surface area contributed by atoms with Gasteiger partial charge in [-0.15, -0.1) is 0 Å². The van der Waals surface area contributed by atoms with Crippen LogP contribution in [0.1, 0.15) is 16.2 Å². The third kappa shape index (κ3) is 3.41. The van der Waals surface area contributed by atoms with Gasteiger partial charge in [0.25, 0.3) is 5.91 Å². The van der Waals surface area contributed by atoms with Crippen LogP contribution >= 0.6 is 15.9 Å². The summed E-state index contributed by atoms with van der Waals surface area (Å²) in [6, 6.07) is 2.27. The number of aromatic amines is 1. The molecule has 1 unspecified atom stereocenters. The van der Waals surface area contributed by atoms with Gasteiger partial charge in [-0.25, -0.2) is 14.8 Å². The number of nitrogens with one attached hydrogen (secondary N) is 2. The van der Waals surface area contributed by atoms with Crippen molar-refractivity contribution in [3.8, 4) is 0 Å². The van der Waals surface area contributed by atoms with Gasteiger partial charge >= 0.3 is 5.97 Å². The summed E-state index contributed by atoms with van der Waals surface area (Å²) in [7, 11) is 0. The van der Waals surface area contributed by atoms with E-state index in [2.05, 4.69) is 36.2 Å². The summed E-state index contributed by atoms with van der Waals surface area (Å²) in [5.41, 5.74) is 0.765. The van der Waals surface area contributed by atoms with Crippen molar-refractivity contribution in [1.29, 1.82) is 0 Å². The van der Waals surface area contributed by atoms with Crippen molar-refractivity contribution in [2.45, 2.75) is 12.5 Å². The molecule has 3 N–H and O–H groups in total. The molecule has 20 heavy (non-hydrogen) atoms. The molecule has 2 rings (SSSR count).